The molecule has 5 rings (SSSR count). The van der Waals surface area contributed by atoms with Gasteiger partial charge in [0.2, 0.25) is 0 Å². The van der Waals surface area contributed by atoms with Crippen LogP contribution in [0.2, 0.25) is 25.7 Å². The molecule has 16 heteroatoms. The van der Waals surface area contributed by atoms with Gasteiger partial charge in [-0.3, -0.25) is 5.32 Å². The summed E-state index contributed by atoms with van der Waals surface area (Å²) in [6.45, 7) is 7.41. The number of alkyl halides is 3. The van der Waals surface area contributed by atoms with Gasteiger partial charge in [0.25, 0.3) is 0 Å². The molecule has 11 nitrogen and oxygen atoms in total. The number of rotatable bonds is 9. The fraction of sp³-hybridized carbons (Fsp3) is 0.400. The number of nitrogen functional groups attached to an aromatic ring is 1. The Kier molecular flexibility index (Phi) is 7.23. The van der Waals surface area contributed by atoms with E-state index in [0.717, 1.165) is 18.2 Å². The van der Waals surface area contributed by atoms with Gasteiger partial charge in [0.15, 0.2) is 17.2 Å². The maximum Gasteiger partial charge on any atom is 0.401 e. The molecule has 0 spiro atoms. The molecule has 4 aromatic rings. The number of ether oxygens (including phenoxy) is 1. The van der Waals surface area contributed by atoms with Crippen LogP contribution < -0.4 is 16.4 Å². The first-order valence-electron chi connectivity index (χ1n) is 12.7. The molecule has 1 aliphatic rings. The quantitative estimate of drug-likeness (QED) is 0.126. The zero-order chi connectivity index (χ0) is 29.6. The van der Waals surface area contributed by atoms with E-state index < -0.39 is 31.5 Å². The number of urea groups is 1. The number of nitrogens with one attached hydrogen (secondary N) is 2. The van der Waals surface area contributed by atoms with E-state index in [1.54, 1.807) is 0 Å². The van der Waals surface area contributed by atoms with Gasteiger partial charge in [-0.05, 0) is 31.0 Å². The Hall–Kier alpha value is -4.05. The third-order valence-electron chi connectivity index (χ3n) is 6.78. The van der Waals surface area contributed by atoms with E-state index in [1.807, 2.05) is 0 Å². The normalized spacial score (nSPS) is 14.8. The standard InChI is InChI=1S/C25H28F4N8O3Si/c1-41(2,3)9-8-39-13-37-22-19(21(30)31-12-32-22)20(35-37)14-4-5-16(15(26)10-14)33-23(38)34-18-11-17(40-36-18)24(6-7-24)25(27,28)29/h4-5,10-12H,6-9,13H2,1-3H3,(H2,30,31,32)(H2,33,34,36,38). The van der Waals surface area contributed by atoms with Crippen molar-refractivity contribution < 1.29 is 31.6 Å². The fourth-order valence-corrected chi connectivity index (χ4v) is 5.00. The molecule has 3 heterocycles. The number of carbonyl (C=O) groups is 1. The van der Waals surface area contributed by atoms with Gasteiger partial charge in [0, 0.05) is 26.3 Å². The lowest BCUT2D eigenvalue weighted by molar-refractivity contribution is -0.165. The molecule has 0 unspecified atom stereocenters. The number of nitrogens with zero attached hydrogens (tertiary/aromatic N) is 5. The van der Waals surface area contributed by atoms with Crippen molar-refractivity contribution in [3.05, 3.63) is 42.2 Å². The Labute approximate surface area is 232 Å². The van der Waals surface area contributed by atoms with Crippen LogP contribution in [-0.4, -0.2) is 51.8 Å². The topological polar surface area (TPSA) is 146 Å². The number of nitrogens with two attached hydrogens (primary N) is 1. The molecular weight excluding hydrogens is 564 g/mol. The number of aromatic nitrogens is 5. The van der Waals surface area contributed by atoms with Crippen LogP contribution in [0.15, 0.2) is 35.1 Å². The number of anilines is 3. The van der Waals surface area contributed by atoms with Gasteiger partial charge in [0.05, 0.1) is 11.1 Å². The summed E-state index contributed by atoms with van der Waals surface area (Å²) in [4.78, 5) is 20.7. The first-order valence-corrected chi connectivity index (χ1v) is 16.4. The molecule has 0 bridgehead atoms. The molecule has 1 fully saturated rings. The maximum absolute atomic E-state index is 15.1. The number of carbonyl (C=O) groups excluding carboxylic acids is 1. The highest BCUT2D eigenvalue weighted by molar-refractivity contribution is 6.76. The Morgan fingerprint density at radius 3 is 2.61 bits per heavy atom. The molecule has 3 aromatic heterocycles. The number of hydrogen-bond acceptors (Lipinski definition) is 8. The van der Waals surface area contributed by atoms with Crippen LogP contribution in [0.3, 0.4) is 0 Å². The molecule has 4 N–H and O–H groups in total. The number of fused-ring (bicyclic) bond motifs is 1. The predicted molar refractivity (Wildman–Crippen MR) is 145 cm³/mol. The molecule has 1 aliphatic carbocycles. The van der Waals surface area contributed by atoms with Gasteiger partial charge in [-0.25, -0.2) is 23.8 Å². The number of hydrogen-bond donors (Lipinski definition) is 3. The molecule has 218 valence electrons. The molecule has 0 radical (unpaired) electrons. The lowest BCUT2D eigenvalue weighted by Crippen LogP contribution is -2.28. The van der Waals surface area contributed by atoms with Crippen molar-refractivity contribution in [2.45, 2.75) is 56.8 Å². The lowest BCUT2D eigenvalue weighted by Gasteiger charge is -2.15. The van der Waals surface area contributed by atoms with Crippen molar-refractivity contribution in [3.63, 3.8) is 0 Å². The van der Waals surface area contributed by atoms with Crippen molar-refractivity contribution in [3.8, 4) is 11.3 Å². The van der Waals surface area contributed by atoms with Crippen LogP contribution in [-0.2, 0) is 16.9 Å². The van der Waals surface area contributed by atoms with Crippen molar-refractivity contribution in [1.82, 2.24) is 24.9 Å². The summed E-state index contributed by atoms with van der Waals surface area (Å²) in [5.74, 6) is -1.25. The Morgan fingerprint density at radius 1 is 1.20 bits per heavy atom. The van der Waals surface area contributed by atoms with Gasteiger partial charge in [-0.1, -0.05) is 30.9 Å². The van der Waals surface area contributed by atoms with Crippen LogP contribution in [0.4, 0.5) is 39.7 Å². The SMILES string of the molecule is C[Si](C)(C)CCOCn1nc(-c2ccc(NC(=O)Nc3cc(C4(C(F)(F)F)CC4)on3)c(F)c2)c2c(N)ncnc21. The smallest absolute Gasteiger partial charge is 0.383 e. The minimum absolute atomic E-state index is 0.119. The van der Waals surface area contributed by atoms with Crippen molar-refractivity contribution in [2.75, 3.05) is 23.0 Å². The molecule has 0 aliphatic heterocycles. The van der Waals surface area contributed by atoms with E-state index in [9.17, 15) is 18.0 Å². The fourth-order valence-electron chi connectivity index (χ4n) is 4.24. The van der Waals surface area contributed by atoms with Gasteiger partial charge >= 0.3 is 12.2 Å². The Bertz CT molecular complexity index is 1590. The average molecular weight is 593 g/mol. The third kappa shape index (κ3) is 5.88. The summed E-state index contributed by atoms with van der Waals surface area (Å²) in [6.07, 6.45) is -3.42. The zero-order valence-corrected chi connectivity index (χ0v) is 23.5. The van der Waals surface area contributed by atoms with Crippen LogP contribution in [0.1, 0.15) is 18.6 Å². The van der Waals surface area contributed by atoms with E-state index in [1.165, 1.54) is 23.1 Å². The largest absolute Gasteiger partial charge is 0.401 e. The van der Waals surface area contributed by atoms with E-state index in [4.69, 9.17) is 15.0 Å². The summed E-state index contributed by atoms with van der Waals surface area (Å²) >= 11 is 0. The molecular formula is C25H28F4N8O3Si. The third-order valence-corrected chi connectivity index (χ3v) is 8.48. The number of amides is 2. The molecule has 0 atom stereocenters. The van der Waals surface area contributed by atoms with Crippen molar-refractivity contribution in [2.24, 2.45) is 0 Å². The zero-order valence-electron chi connectivity index (χ0n) is 22.5. The van der Waals surface area contributed by atoms with Crippen molar-refractivity contribution in [1.29, 1.82) is 0 Å². The highest BCUT2D eigenvalue weighted by atomic mass is 28.3. The molecule has 2 amide bonds. The molecule has 1 saturated carbocycles. The van der Waals surface area contributed by atoms with Gasteiger partial charge in [-0.15, -0.1) is 0 Å². The predicted octanol–water partition coefficient (Wildman–Crippen LogP) is 5.75. The second kappa shape index (κ2) is 10.4. The van der Waals surface area contributed by atoms with E-state index in [2.05, 4.69) is 50.5 Å². The minimum atomic E-state index is -4.49. The molecule has 41 heavy (non-hydrogen) atoms. The van der Waals surface area contributed by atoms with E-state index in [0.29, 0.717) is 28.9 Å². The van der Waals surface area contributed by atoms with Gasteiger partial charge in [0.1, 0.15) is 35.8 Å². The molecule has 0 saturated heterocycles. The van der Waals surface area contributed by atoms with E-state index >= 15 is 4.39 Å². The first-order chi connectivity index (χ1) is 19.3. The summed E-state index contributed by atoms with van der Waals surface area (Å²) in [5.41, 5.74) is 4.94. The minimum Gasteiger partial charge on any atom is -0.383 e. The monoisotopic (exact) mass is 592 g/mol. The Morgan fingerprint density at radius 2 is 1.95 bits per heavy atom. The van der Waals surface area contributed by atoms with Gasteiger partial charge in [-0.2, -0.15) is 18.3 Å². The summed E-state index contributed by atoms with van der Waals surface area (Å²) in [7, 11) is -1.29. The molecule has 1 aromatic carbocycles. The summed E-state index contributed by atoms with van der Waals surface area (Å²) in [6, 6.07) is 5.07. The maximum atomic E-state index is 15.1. The van der Waals surface area contributed by atoms with Gasteiger partial charge < -0.3 is 20.3 Å². The number of benzene rings is 1. The van der Waals surface area contributed by atoms with Crippen LogP contribution >= 0.6 is 0 Å². The summed E-state index contributed by atoms with van der Waals surface area (Å²) < 4.78 is 67.2. The number of halogens is 4. The second-order valence-electron chi connectivity index (χ2n) is 11.1. The summed E-state index contributed by atoms with van der Waals surface area (Å²) in [5, 5.41) is 13.0. The lowest BCUT2D eigenvalue weighted by atomic mass is 10.0. The second-order valence-corrected chi connectivity index (χ2v) is 16.7. The van der Waals surface area contributed by atoms with Crippen LogP contribution in [0, 0.1) is 5.82 Å². The van der Waals surface area contributed by atoms with Crippen LogP contribution in [0.25, 0.3) is 22.3 Å². The van der Waals surface area contributed by atoms with E-state index in [-0.39, 0.29) is 42.7 Å². The first kappa shape index (κ1) is 28.5. The highest BCUT2D eigenvalue weighted by Crippen LogP contribution is 2.59. The van der Waals surface area contributed by atoms with Crippen LogP contribution in [0.5, 0.6) is 0 Å². The average Bonchev–Trinajstić information content (AvgIpc) is 3.44. The highest BCUT2D eigenvalue weighted by Gasteiger charge is 2.66. The van der Waals surface area contributed by atoms with Crippen molar-refractivity contribution >= 4 is 42.5 Å². The Balaban J connectivity index is 1.30.